The third-order valence-electron chi connectivity index (χ3n) is 3.14. The fourth-order valence-electron chi connectivity index (χ4n) is 2.29. The molecule has 2 N–H and O–H groups in total. The average Bonchev–Trinajstić information content (AvgIpc) is 2.72. The predicted octanol–water partition coefficient (Wildman–Crippen LogP) is 0.811. The summed E-state index contributed by atoms with van der Waals surface area (Å²) >= 11 is 1.92. The summed E-state index contributed by atoms with van der Waals surface area (Å²) in [5, 5.41) is 12.3. The van der Waals surface area contributed by atoms with Crippen LogP contribution in [0.4, 0.5) is 0 Å². The highest BCUT2D eigenvalue weighted by atomic mass is 32.2. The lowest BCUT2D eigenvalue weighted by atomic mass is 10.0. The molecule has 2 rings (SSSR count). The number of ketones is 1. The standard InChI is InChI=1S/C10H18N3O2S/c1-7(14)4-2-3-5-9-10-8(6-16-9)11-13(15)12-10/h8-12H,2-6H2,1H3/q-1/t8-,9-,10?/m0/s1. The maximum absolute atomic E-state index is 11.1. The van der Waals surface area contributed by atoms with Gasteiger partial charge in [0.05, 0.1) is 6.04 Å². The number of nitrogens with one attached hydrogen (secondary N) is 2. The van der Waals surface area contributed by atoms with Crippen molar-refractivity contribution in [2.75, 3.05) is 5.75 Å². The minimum Gasteiger partial charge on any atom is -0.758 e. The van der Waals surface area contributed by atoms with Crippen molar-refractivity contribution in [1.29, 1.82) is 0 Å². The third-order valence-corrected chi connectivity index (χ3v) is 4.65. The number of nitrogens with zero attached hydrogens (tertiary/aromatic N) is 1. The first-order valence-electron chi connectivity index (χ1n) is 5.77. The molecule has 2 heterocycles. The highest BCUT2D eigenvalue weighted by Gasteiger charge is 2.40. The third kappa shape index (κ3) is 2.95. The van der Waals surface area contributed by atoms with Gasteiger partial charge in [0.15, 0.2) is 0 Å². The van der Waals surface area contributed by atoms with E-state index in [9.17, 15) is 10.0 Å². The number of hydrazine groups is 2. The fraction of sp³-hybridized carbons (Fsp3) is 0.900. The summed E-state index contributed by atoms with van der Waals surface area (Å²) in [6.45, 7) is 1.64. The molecule has 0 aliphatic carbocycles. The molecule has 5 nitrogen and oxygen atoms in total. The molecule has 1 unspecified atom stereocenters. The van der Waals surface area contributed by atoms with Crippen LogP contribution in [0, 0.1) is 5.21 Å². The van der Waals surface area contributed by atoms with Gasteiger partial charge in [0.2, 0.25) is 0 Å². The molecule has 3 atom stereocenters. The van der Waals surface area contributed by atoms with Crippen molar-refractivity contribution in [2.24, 2.45) is 0 Å². The van der Waals surface area contributed by atoms with Crippen molar-refractivity contribution < 1.29 is 4.79 Å². The molecule has 0 aromatic rings. The van der Waals surface area contributed by atoms with Crippen LogP contribution in [0.1, 0.15) is 32.6 Å². The SMILES string of the molecule is CC(=O)CCCC[C@@H]1SC[C@@H]2NN([O-])NC21. The van der Waals surface area contributed by atoms with E-state index in [-0.39, 0.29) is 17.9 Å². The summed E-state index contributed by atoms with van der Waals surface area (Å²) in [7, 11) is 0. The molecule has 0 spiro atoms. The van der Waals surface area contributed by atoms with Gasteiger partial charge in [-0.25, -0.2) is 10.9 Å². The Balaban J connectivity index is 1.68. The van der Waals surface area contributed by atoms with Crippen molar-refractivity contribution in [3.63, 3.8) is 0 Å². The molecular weight excluding hydrogens is 226 g/mol. The van der Waals surface area contributed by atoms with Crippen molar-refractivity contribution in [1.82, 2.24) is 16.1 Å². The smallest absolute Gasteiger partial charge is 0.129 e. The molecule has 2 aliphatic heterocycles. The van der Waals surface area contributed by atoms with E-state index >= 15 is 0 Å². The fourth-order valence-corrected chi connectivity index (χ4v) is 3.82. The van der Waals surface area contributed by atoms with Crippen LogP contribution >= 0.6 is 11.8 Å². The van der Waals surface area contributed by atoms with Gasteiger partial charge < -0.3 is 10.0 Å². The summed E-state index contributed by atoms with van der Waals surface area (Å²) in [6, 6.07) is 0.542. The summed E-state index contributed by atoms with van der Waals surface area (Å²) in [5.41, 5.74) is 5.74. The van der Waals surface area contributed by atoms with E-state index in [1.54, 1.807) is 6.92 Å². The second kappa shape index (κ2) is 5.46. The number of thioether (sulfide) groups is 1. The molecule has 0 aromatic carbocycles. The van der Waals surface area contributed by atoms with Gasteiger partial charge in [-0.15, -0.1) is 0 Å². The first-order chi connectivity index (χ1) is 7.66. The summed E-state index contributed by atoms with van der Waals surface area (Å²) in [4.78, 5) is 10.8. The van der Waals surface area contributed by atoms with Crippen LogP contribution < -0.4 is 10.9 Å². The molecule has 2 aliphatic rings. The number of carbonyl (C=O) groups is 1. The zero-order valence-electron chi connectivity index (χ0n) is 9.44. The van der Waals surface area contributed by atoms with Crippen molar-refractivity contribution >= 4 is 17.5 Å². The summed E-state index contributed by atoms with van der Waals surface area (Å²) in [6.07, 6.45) is 3.81. The number of rotatable bonds is 5. The number of unbranched alkanes of at least 4 members (excludes halogenated alkanes) is 1. The Morgan fingerprint density at radius 2 is 2.31 bits per heavy atom. The van der Waals surface area contributed by atoms with Crippen molar-refractivity contribution in [2.45, 2.75) is 49.9 Å². The number of hydrogen-bond acceptors (Lipinski definition) is 6. The Bertz CT molecular complexity index is 264. The number of hydrogen-bond donors (Lipinski definition) is 2. The van der Waals surface area contributed by atoms with Crippen LogP contribution in [0.3, 0.4) is 0 Å². The van der Waals surface area contributed by atoms with Crippen LogP contribution in [0.2, 0.25) is 0 Å². The number of fused-ring (bicyclic) bond motifs is 1. The summed E-state index contributed by atoms with van der Waals surface area (Å²) in [5.74, 6) is 1.26. The minimum absolute atomic E-state index is 0.264. The number of Topliss-reactive ketones (excluding diaryl/α,β-unsaturated/α-hetero) is 1. The predicted molar refractivity (Wildman–Crippen MR) is 64.4 cm³/mol. The van der Waals surface area contributed by atoms with Crippen LogP contribution in [0.25, 0.3) is 0 Å². The normalized spacial score (nSPS) is 34.2. The van der Waals surface area contributed by atoms with Gasteiger partial charge >= 0.3 is 0 Å². The van der Waals surface area contributed by atoms with E-state index in [1.807, 2.05) is 11.8 Å². The Labute approximate surface area is 99.8 Å². The highest BCUT2D eigenvalue weighted by molar-refractivity contribution is 8.00. The van der Waals surface area contributed by atoms with Crippen molar-refractivity contribution in [3.05, 3.63) is 5.21 Å². The van der Waals surface area contributed by atoms with E-state index in [0.717, 1.165) is 30.3 Å². The zero-order chi connectivity index (χ0) is 11.5. The van der Waals surface area contributed by atoms with Gasteiger partial charge in [0.1, 0.15) is 5.78 Å². The van der Waals surface area contributed by atoms with Crippen molar-refractivity contribution in [3.8, 4) is 0 Å². The molecular formula is C10H18N3O2S-. The lowest BCUT2D eigenvalue weighted by Crippen LogP contribution is -2.38. The largest absolute Gasteiger partial charge is 0.758 e. The second-order valence-corrected chi connectivity index (χ2v) is 5.78. The molecule has 0 radical (unpaired) electrons. The molecule has 0 aromatic heterocycles. The maximum Gasteiger partial charge on any atom is 0.129 e. The first-order valence-corrected chi connectivity index (χ1v) is 6.82. The van der Waals surface area contributed by atoms with Gasteiger partial charge in [-0.3, -0.25) is 5.28 Å². The Morgan fingerprint density at radius 3 is 3.06 bits per heavy atom. The highest BCUT2D eigenvalue weighted by Crippen LogP contribution is 2.33. The van der Waals surface area contributed by atoms with E-state index in [1.165, 1.54) is 0 Å². The Morgan fingerprint density at radius 1 is 1.50 bits per heavy atom. The molecule has 0 bridgehead atoms. The molecule has 6 heteroatoms. The van der Waals surface area contributed by atoms with Gasteiger partial charge in [-0.2, -0.15) is 11.8 Å². The first kappa shape index (κ1) is 12.3. The molecule has 0 amide bonds. The number of carbonyl (C=O) groups excluding carboxylic acids is 1. The average molecular weight is 244 g/mol. The molecule has 16 heavy (non-hydrogen) atoms. The van der Waals surface area contributed by atoms with E-state index in [4.69, 9.17) is 0 Å². The van der Waals surface area contributed by atoms with Crippen LogP contribution in [-0.2, 0) is 4.79 Å². The lowest BCUT2D eigenvalue weighted by molar-refractivity contribution is -0.117. The van der Waals surface area contributed by atoms with E-state index in [2.05, 4.69) is 10.9 Å². The Kier molecular flexibility index (Phi) is 4.21. The zero-order valence-corrected chi connectivity index (χ0v) is 10.3. The Hall–Kier alpha value is -0.140. The molecule has 92 valence electrons. The summed E-state index contributed by atoms with van der Waals surface area (Å²) < 4.78 is 0. The van der Waals surface area contributed by atoms with Crippen LogP contribution in [-0.4, -0.2) is 34.2 Å². The van der Waals surface area contributed by atoms with Gasteiger partial charge in [0.25, 0.3) is 0 Å². The monoisotopic (exact) mass is 244 g/mol. The molecule has 2 fully saturated rings. The quantitative estimate of drug-likeness (QED) is 0.698. The maximum atomic E-state index is 11.1. The minimum atomic E-state index is 0.264. The molecule has 2 saturated heterocycles. The van der Waals surface area contributed by atoms with Crippen LogP contribution in [0.15, 0.2) is 0 Å². The topological polar surface area (TPSA) is 67.4 Å². The van der Waals surface area contributed by atoms with Gasteiger partial charge in [-0.05, 0) is 19.8 Å². The second-order valence-electron chi connectivity index (χ2n) is 4.50. The van der Waals surface area contributed by atoms with Gasteiger partial charge in [0, 0.05) is 23.5 Å². The van der Waals surface area contributed by atoms with E-state index < -0.39 is 0 Å². The molecule has 0 saturated carbocycles. The van der Waals surface area contributed by atoms with Gasteiger partial charge in [-0.1, -0.05) is 6.42 Å². The lowest BCUT2D eigenvalue weighted by Gasteiger charge is -2.24. The van der Waals surface area contributed by atoms with Crippen LogP contribution in [0.5, 0.6) is 0 Å². The van der Waals surface area contributed by atoms with E-state index in [0.29, 0.717) is 11.7 Å².